The Kier molecular flexibility index (Phi) is 4.55. The van der Waals surface area contributed by atoms with Crippen molar-refractivity contribution < 1.29 is 4.79 Å². The second-order valence-corrected chi connectivity index (χ2v) is 7.33. The Labute approximate surface area is 139 Å². The first-order chi connectivity index (χ1) is 10.8. The van der Waals surface area contributed by atoms with Gasteiger partial charge in [0.15, 0.2) is 6.29 Å². The van der Waals surface area contributed by atoms with Gasteiger partial charge in [-0.25, -0.2) is 0 Å². The van der Waals surface area contributed by atoms with Gasteiger partial charge in [-0.1, -0.05) is 32.0 Å². The zero-order valence-corrected chi connectivity index (χ0v) is 14.4. The SMILES string of the molecule is CCc1cccc(-c2ccc(-c3ccc(C=O)s3)s2)c1CC. The molecule has 0 atom stereocenters. The molecule has 0 saturated carbocycles. The first-order valence-corrected chi connectivity index (χ1v) is 9.16. The Morgan fingerprint density at radius 2 is 1.59 bits per heavy atom. The van der Waals surface area contributed by atoms with E-state index < -0.39 is 0 Å². The summed E-state index contributed by atoms with van der Waals surface area (Å²) in [5.74, 6) is 0. The third-order valence-electron chi connectivity index (χ3n) is 3.86. The Hall–Kier alpha value is -1.71. The smallest absolute Gasteiger partial charge is 0.160 e. The summed E-state index contributed by atoms with van der Waals surface area (Å²) >= 11 is 3.36. The first-order valence-electron chi connectivity index (χ1n) is 7.53. The lowest BCUT2D eigenvalue weighted by atomic mass is 9.96. The molecule has 1 nitrogen and oxygen atoms in total. The van der Waals surface area contributed by atoms with Crippen molar-refractivity contribution in [2.24, 2.45) is 0 Å². The number of aldehydes is 1. The van der Waals surface area contributed by atoms with Crippen LogP contribution in [0.15, 0.2) is 42.5 Å². The van der Waals surface area contributed by atoms with E-state index in [4.69, 9.17) is 0 Å². The Morgan fingerprint density at radius 1 is 0.864 bits per heavy atom. The van der Waals surface area contributed by atoms with Crippen LogP contribution in [0.1, 0.15) is 34.6 Å². The van der Waals surface area contributed by atoms with Crippen LogP contribution in [0, 0.1) is 0 Å². The molecular formula is C19H18OS2. The fourth-order valence-electron chi connectivity index (χ4n) is 2.78. The predicted molar refractivity (Wildman–Crippen MR) is 97.2 cm³/mol. The topological polar surface area (TPSA) is 17.1 Å². The fourth-order valence-corrected chi connectivity index (χ4v) is 4.75. The van der Waals surface area contributed by atoms with Crippen molar-refractivity contribution in [2.75, 3.05) is 0 Å². The van der Waals surface area contributed by atoms with Crippen LogP contribution in [0.3, 0.4) is 0 Å². The summed E-state index contributed by atoms with van der Waals surface area (Å²) in [6.07, 6.45) is 3.05. The highest BCUT2D eigenvalue weighted by molar-refractivity contribution is 7.24. The van der Waals surface area contributed by atoms with E-state index in [1.807, 2.05) is 12.1 Å². The predicted octanol–water partition coefficient (Wildman–Crippen LogP) is 6.08. The van der Waals surface area contributed by atoms with E-state index in [-0.39, 0.29) is 0 Å². The van der Waals surface area contributed by atoms with Crippen LogP contribution in [0.25, 0.3) is 20.2 Å². The maximum absolute atomic E-state index is 10.8. The van der Waals surface area contributed by atoms with E-state index in [9.17, 15) is 4.79 Å². The van der Waals surface area contributed by atoms with Gasteiger partial charge in [-0.2, -0.15) is 0 Å². The number of hydrogen-bond acceptors (Lipinski definition) is 3. The first kappa shape index (κ1) is 15.2. The largest absolute Gasteiger partial charge is 0.297 e. The van der Waals surface area contributed by atoms with Crippen molar-refractivity contribution in [2.45, 2.75) is 26.7 Å². The number of rotatable bonds is 5. The van der Waals surface area contributed by atoms with Gasteiger partial charge < -0.3 is 0 Å². The van der Waals surface area contributed by atoms with Crippen molar-refractivity contribution in [1.29, 1.82) is 0 Å². The number of carbonyl (C=O) groups is 1. The normalized spacial score (nSPS) is 10.8. The van der Waals surface area contributed by atoms with Gasteiger partial charge in [-0.3, -0.25) is 4.79 Å². The summed E-state index contributed by atoms with van der Waals surface area (Å²) in [5.41, 5.74) is 4.25. The molecule has 3 rings (SSSR count). The fraction of sp³-hybridized carbons (Fsp3) is 0.211. The quantitative estimate of drug-likeness (QED) is 0.519. The summed E-state index contributed by atoms with van der Waals surface area (Å²) in [6, 6.07) is 14.9. The Morgan fingerprint density at radius 3 is 2.27 bits per heavy atom. The van der Waals surface area contributed by atoms with Crippen LogP contribution >= 0.6 is 22.7 Å². The van der Waals surface area contributed by atoms with Gasteiger partial charge in [-0.15, -0.1) is 22.7 Å². The molecule has 0 saturated heterocycles. The van der Waals surface area contributed by atoms with Crippen LogP contribution in [0.4, 0.5) is 0 Å². The van der Waals surface area contributed by atoms with E-state index in [1.54, 1.807) is 22.7 Å². The zero-order chi connectivity index (χ0) is 15.5. The molecule has 0 aliphatic heterocycles. The number of aryl methyl sites for hydroxylation is 1. The molecule has 0 N–H and O–H groups in total. The minimum absolute atomic E-state index is 0.784. The molecule has 22 heavy (non-hydrogen) atoms. The standard InChI is InChI=1S/C19H18OS2/c1-3-13-6-5-7-16(15(13)4-2)17-10-11-19(22-17)18-9-8-14(12-20)21-18/h5-12H,3-4H2,1-2H3. The number of thiophene rings is 2. The third kappa shape index (κ3) is 2.79. The lowest BCUT2D eigenvalue weighted by Gasteiger charge is -2.11. The van der Waals surface area contributed by atoms with Crippen LogP contribution in [-0.2, 0) is 12.8 Å². The minimum atomic E-state index is 0.784. The van der Waals surface area contributed by atoms with E-state index >= 15 is 0 Å². The molecule has 0 fully saturated rings. The molecule has 0 radical (unpaired) electrons. The number of hydrogen-bond donors (Lipinski definition) is 0. The highest BCUT2D eigenvalue weighted by atomic mass is 32.1. The third-order valence-corrected chi connectivity index (χ3v) is 6.19. The van der Waals surface area contributed by atoms with Crippen molar-refractivity contribution in [3.05, 3.63) is 58.5 Å². The lowest BCUT2D eigenvalue weighted by Crippen LogP contribution is -1.93. The van der Waals surface area contributed by atoms with Crippen LogP contribution in [-0.4, -0.2) is 6.29 Å². The molecule has 0 aliphatic carbocycles. The summed E-state index contributed by atoms with van der Waals surface area (Å²) < 4.78 is 0. The van der Waals surface area contributed by atoms with Crippen LogP contribution < -0.4 is 0 Å². The summed E-state index contributed by atoms with van der Waals surface area (Å²) in [6.45, 7) is 4.44. The maximum Gasteiger partial charge on any atom is 0.160 e. The van der Waals surface area contributed by atoms with Gasteiger partial charge in [0, 0.05) is 14.6 Å². The molecule has 0 amide bonds. The lowest BCUT2D eigenvalue weighted by molar-refractivity contribution is 0.112. The van der Waals surface area contributed by atoms with Crippen molar-refractivity contribution >= 4 is 29.0 Å². The van der Waals surface area contributed by atoms with Gasteiger partial charge in [0.1, 0.15) is 0 Å². The molecule has 3 heteroatoms. The van der Waals surface area contributed by atoms with Gasteiger partial charge in [0.25, 0.3) is 0 Å². The van der Waals surface area contributed by atoms with Gasteiger partial charge in [-0.05, 0) is 53.8 Å². The molecular weight excluding hydrogens is 308 g/mol. The zero-order valence-electron chi connectivity index (χ0n) is 12.8. The molecule has 0 unspecified atom stereocenters. The van der Waals surface area contributed by atoms with Crippen molar-refractivity contribution in [1.82, 2.24) is 0 Å². The monoisotopic (exact) mass is 326 g/mol. The van der Waals surface area contributed by atoms with Crippen LogP contribution in [0.5, 0.6) is 0 Å². The highest BCUT2D eigenvalue weighted by Gasteiger charge is 2.11. The minimum Gasteiger partial charge on any atom is -0.297 e. The Balaban J connectivity index is 2.02. The summed E-state index contributed by atoms with van der Waals surface area (Å²) in [4.78, 5) is 15.3. The highest BCUT2D eigenvalue weighted by Crippen LogP contribution is 2.39. The van der Waals surface area contributed by atoms with Gasteiger partial charge in [0.05, 0.1) is 4.88 Å². The molecule has 0 spiro atoms. The average molecular weight is 326 g/mol. The number of benzene rings is 1. The average Bonchev–Trinajstić information content (AvgIpc) is 3.22. The molecule has 0 aliphatic rings. The van der Waals surface area contributed by atoms with Crippen LogP contribution in [0.2, 0.25) is 0 Å². The Bertz CT molecular complexity index is 795. The van der Waals surface area contributed by atoms with E-state index in [1.165, 1.54) is 31.3 Å². The summed E-state index contributed by atoms with van der Waals surface area (Å²) in [5, 5.41) is 0. The van der Waals surface area contributed by atoms with E-state index in [2.05, 4.69) is 44.2 Å². The molecule has 112 valence electrons. The molecule has 2 heterocycles. The van der Waals surface area contributed by atoms with Crippen molar-refractivity contribution in [3.63, 3.8) is 0 Å². The van der Waals surface area contributed by atoms with Gasteiger partial charge >= 0.3 is 0 Å². The van der Waals surface area contributed by atoms with Gasteiger partial charge in [0.2, 0.25) is 0 Å². The maximum atomic E-state index is 10.8. The van der Waals surface area contributed by atoms with E-state index in [0.717, 1.165) is 24.0 Å². The summed E-state index contributed by atoms with van der Waals surface area (Å²) in [7, 11) is 0. The van der Waals surface area contributed by atoms with Crippen molar-refractivity contribution in [3.8, 4) is 20.2 Å². The molecule has 0 bridgehead atoms. The second kappa shape index (κ2) is 6.59. The number of carbonyl (C=O) groups excluding carboxylic acids is 1. The second-order valence-electron chi connectivity index (χ2n) is 5.13. The molecule has 2 aromatic heterocycles. The molecule has 1 aromatic carbocycles. The molecule has 3 aromatic rings. The van der Waals surface area contributed by atoms with E-state index in [0.29, 0.717) is 0 Å².